The van der Waals surface area contributed by atoms with Gasteiger partial charge in [0.25, 0.3) is 0 Å². The Balaban J connectivity index is 1.62. The van der Waals surface area contributed by atoms with Crippen LogP contribution in [0.25, 0.3) is 0 Å². The number of nitrogens with one attached hydrogen (secondary N) is 2. The molecule has 2 unspecified atom stereocenters. The highest BCUT2D eigenvalue weighted by molar-refractivity contribution is 5.80. The first-order chi connectivity index (χ1) is 12.3. The Kier molecular flexibility index (Phi) is 6.56. The van der Waals surface area contributed by atoms with Crippen molar-refractivity contribution in [3.63, 3.8) is 0 Å². The molecule has 2 fully saturated rings. The molecule has 0 amide bonds. The molecule has 25 heavy (non-hydrogen) atoms. The van der Waals surface area contributed by atoms with Crippen molar-refractivity contribution in [1.29, 1.82) is 0 Å². The minimum atomic E-state index is 0.213. The molecular formula is C20H32N4O. The lowest BCUT2D eigenvalue weighted by Gasteiger charge is -2.22. The molecule has 3 rings (SSSR count). The quantitative estimate of drug-likeness (QED) is 0.615. The molecule has 5 heteroatoms. The molecule has 2 aliphatic rings. The second-order valence-electron chi connectivity index (χ2n) is 7.01. The fourth-order valence-electron chi connectivity index (χ4n) is 3.56. The van der Waals surface area contributed by atoms with E-state index in [0.717, 1.165) is 38.5 Å². The number of ether oxygens (including phenoxy) is 1. The summed E-state index contributed by atoms with van der Waals surface area (Å²) in [5.41, 5.74) is 2.64. The predicted molar refractivity (Wildman–Crippen MR) is 104 cm³/mol. The maximum Gasteiger partial charge on any atom is 0.191 e. The summed E-state index contributed by atoms with van der Waals surface area (Å²) in [5.74, 6) is 0.872. The van der Waals surface area contributed by atoms with E-state index in [1.54, 1.807) is 0 Å². The molecule has 2 N–H and O–H groups in total. The average molecular weight is 345 g/mol. The Morgan fingerprint density at radius 3 is 2.88 bits per heavy atom. The molecule has 1 aromatic carbocycles. The van der Waals surface area contributed by atoms with Crippen LogP contribution < -0.4 is 15.5 Å². The number of hydrogen-bond acceptors (Lipinski definition) is 3. The summed E-state index contributed by atoms with van der Waals surface area (Å²) in [4.78, 5) is 7.20. The lowest BCUT2D eigenvalue weighted by molar-refractivity contribution is 0.117. The molecule has 2 atom stereocenters. The van der Waals surface area contributed by atoms with Crippen molar-refractivity contribution in [1.82, 2.24) is 10.6 Å². The summed E-state index contributed by atoms with van der Waals surface area (Å²) < 4.78 is 5.68. The van der Waals surface area contributed by atoms with Gasteiger partial charge in [0.15, 0.2) is 5.96 Å². The molecule has 5 nitrogen and oxygen atoms in total. The zero-order valence-electron chi connectivity index (χ0n) is 15.6. The molecule has 0 radical (unpaired) electrons. The van der Waals surface area contributed by atoms with E-state index in [2.05, 4.69) is 53.6 Å². The van der Waals surface area contributed by atoms with Crippen LogP contribution in [-0.2, 0) is 4.74 Å². The van der Waals surface area contributed by atoms with Crippen LogP contribution in [0.15, 0.2) is 29.3 Å². The van der Waals surface area contributed by atoms with Gasteiger partial charge in [-0.05, 0) is 57.2 Å². The minimum absolute atomic E-state index is 0.213. The van der Waals surface area contributed by atoms with E-state index in [9.17, 15) is 0 Å². The molecule has 0 bridgehead atoms. The van der Waals surface area contributed by atoms with E-state index in [0.29, 0.717) is 0 Å². The van der Waals surface area contributed by atoms with Gasteiger partial charge in [-0.3, -0.25) is 4.99 Å². The van der Waals surface area contributed by atoms with E-state index in [1.807, 2.05) is 0 Å². The second kappa shape index (κ2) is 9.09. The van der Waals surface area contributed by atoms with Gasteiger partial charge < -0.3 is 20.3 Å². The fraction of sp³-hybridized carbons (Fsp3) is 0.650. The SMILES string of the molecule is CCNC(=NCC1CCCO1)NC(C)c1cccc(N2CCCC2)c1. The first kappa shape index (κ1) is 18.1. The van der Waals surface area contributed by atoms with Crippen LogP contribution in [0, 0.1) is 0 Å². The Morgan fingerprint density at radius 1 is 1.32 bits per heavy atom. The molecule has 0 aromatic heterocycles. The normalized spacial score (nSPS) is 22.2. The monoisotopic (exact) mass is 344 g/mol. The van der Waals surface area contributed by atoms with Gasteiger partial charge in [0.05, 0.1) is 18.7 Å². The summed E-state index contributed by atoms with van der Waals surface area (Å²) >= 11 is 0. The molecule has 0 spiro atoms. The molecule has 0 saturated carbocycles. The van der Waals surface area contributed by atoms with Gasteiger partial charge >= 0.3 is 0 Å². The van der Waals surface area contributed by atoms with Gasteiger partial charge in [-0.15, -0.1) is 0 Å². The second-order valence-corrected chi connectivity index (χ2v) is 7.01. The number of hydrogen-bond donors (Lipinski definition) is 2. The Bertz CT molecular complexity index is 563. The van der Waals surface area contributed by atoms with Crippen molar-refractivity contribution in [2.75, 3.05) is 37.7 Å². The van der Waals surface area contributed by atoms with Crippen LogP contribution in [0.2, 0.25) is 0 Å². The summed E-state index contributed by atoms with van der Waals surface area (Å²) in [6.07, 6.45) is 5.17. The molecular weight excluding hydrogens is 312 g/mol. The molecule has 0 aliphatic carbocycles. The first-order valence-electron chi connectivity index (χ1n) is 9.77. The first-order valence-corrected chi connectivity index (χ1v) is 9.77. The number of anilines is 1. The minimum Gasteiger partial charge on any atom is -0.376 e. The van der Waals surface area contributed by atoms with E-state index < -0.39 is 0 Å². The third kappa shape index (κ3) is 5.11. The van der Waals surface area contributed by atoms with Crippen LogP contribution in [0.1, 0.15) is 51.1 Å². The largest absolute Gasteiger partial charge is 0.376 e. The van der Waals surface area contributed by atoms with Crippen LogP contribution in [0.4, 0.5) is 5.69 Å². The number of rotatable bonds is 6. The van der Waals surface area contributed by atoms with Gasteiger partial charge in [-0.25, -0.2) is 0 Å². The van der Waals surface area contributed by atoms with Gasteiger partial charge in [-0.1, -0.05) is 12.1 Å². The van der Waals surface area contributed by atoms with E-state index in [4.69, 9.17) is 9.73 Å². The molecule has 2 heterocycles. The standard InChI is InChI=1S/C20H32N4O/c1-3-21-20(22-15-19-10-7-13-25-19)23-16(2)17-8-6-9-18(14-17)24-11-4-5-12-24/h6,8-9,14,16,19H,3-5,7,10-13,15H2,1-2H3,(H2,21,22,23). The lowest BCUT2D eigenvalue weighted by atomic mass is 10.1. The smallest absolute Gasteiger partial charge is 0.191 e. The summed E-state index contributed by atoms with van der Waals surface area (Å²) in [6.45, 7) is 9.12. The van der Waals surface area contributed by atoms with Crippen LogP contribution in [0.5, 0.6) is 0 Å². The molecule has 2 aliphatic heterocycles. The Labute approximate surface area is 151 Å². The maximum absolute atomic E-state index is 5.68. The van der Waals surface area contributed by atoms with Gasteiger partial charge in [0.2, 0.25) is 0 Å². The van der Waals surface area contributed by atoms with Crippen molar-refractivity contribution in [2.24, 2.45) is 4.99 Å². The van der Waals surface area contributed by atoms with Gasteiger partial charge in [0.1, 0.15) is 0 Å². The third-order valence-electron chi connectivity index (χ3n) is 5.02. The zero-order chi connectivity index (χ0) is 17.5. The number of guanidine groups is 1. The van der Waals surface area contributed by atoms with Crippen LogP contribution in [0.3, 0.4) is 0 Å². The van der Waals surface area contributed by atoms with Crippen molar-refractivity contribution < 1.29 is 4.74 Å². The summed E-state index contributed by atoms with van der Waals surface area (Å²) in [6, 6.07) is 9.11. The lowest BCUT2D eigenvalue weighted by Crippen LogP contribution is -2.39. The predicted octanol–water partition coefficient (Wildman–Crippen LogP) is 3.08. The van der Waals surface area contributed by atoms with Crippen molar-refractivity contribution in [3.05, 3.63) is 29.8 Å². The molecule has 2 saturated heterocycles. The summed E-state index contributed by atoms with van der Waals surface area (Å²) in [5, 5.41) is 6.89. The zero-order valence-corrected chi connectivity index (χ0v) is 15.6. The number of aliphatic imine (C=N–C) groups is 1. The van der Waals surface area contributed by atoms with Crippen LogP contribution >= 0.6 is 0 Å². The van der Waals surface area contributed by atoms with Crippen molar-refractivity contribution >= 4 is 11.6 Å². The highest BCUT2D eigenvalue weighted by Crippen LogP contribution is 2.24. The third-order valence-corrected chi connectivity index (χ3v) is 5.02. The van der Waals surface area contributed by atoms with Gasteiger partial charge in [-0.2, -0.15) is 0 Å². The van der Waals surface area contributed by atoms with Crippen LogP contribution in [-0.4, -0.2) is 44.8 Å². The summed E-state index contributed by atoms with van der Waals surface area (Å²) in [7, 11) is 0. The van der Waals surface area contributed by atoms with Gasteiger partial charge in [0, 0.05) is 31.9 Å². The topological polar surface area (TPSA) is 48.9 Å². The average Bonchev–Trinajstić information content (AvgIpc) is 3.33. The van der Waals surface area contributed by atoms with Crippen molar-refractivity contribution in [3.8, 4) is 0 Å². The van der Waals surface area contributed by atoms with E-state index >= 15 is 0 Å². The van der Waals surface area contributed by atoms with E-state index in [-0.39, 0.29) is 12.1 Å². The molecule has 1 aromatic rings. The fourth-order valence-corrected chi connectivity index (χ4v) is 3.56. The number of nitrogens with zero attached hydrogens (tertiary/aromatic N) is 2. The van der Waals surface area contributed by atoms with E-state index in [1.165, 1.54) is 37.2 Å². The highest BCUT2D eigenvalue weighted by atomic mass is 16.5. The Morgan fingerprint density at radius 2 is 2.16 bits per heavy atom. The molecule has 138 valence electrons. The maximum atomic E-state index is 5.68. The van der Waals surface area contributed by atoms with Crippen molar-refractivity contribution in [2.45, 2.75) is 51.7 Å². The Hall–Kier alpha value is -1.75. The number of benzene rings is 1. The highest BCUT2D eigenvalue weighted by Gasteiger charge is 2.16.